The van der Waals surface area contributed by atoms with E-state index in [1.807, 2.05) is 0 Å². The molecule has 0 aromatic carbocycles. The zero-order chi connectivity index (χ0) is 15.0. The molecule has 0 saturated heterocycles. The Morgan fingerprint density at radius 2 is 1.43 bits per heavy atom. The molecular formula is C15H30N4O2. The Hall–Kier alpha value is -1.01. The van der Waals surface area contributed by atoms with E-state index in [4.69, 9.17) is 4.94 Å². The van der Waals surface area contributed by atoms with Gasteiger partial charge in [-0.1, -0.05) is 44.1 Å². The summed E-state index contributed by atoms with van der Waals surface area (Å²) in [4.78, 5) is 16.5. The van der Waals surface area contributed by atoms with Crippen LogP contribution in [0.15, 0.2) is 10.4 Å². The standard InChI is InChI=1S/C15H30N4O2/c20-15-11-7-3-1-2-5-9-13-16-18-21-19-17-14-10-6-4-8-12-15/h16,18H,1-14H2. The lowest BCUT2D eigenvalue weighted by Gasteiger charge is -2.05. The second kappa shape index (κ2) is 13.9. The van der Waals surface area contributed by atoms with Crippen LogP contribution in [0, 0.1) is 0 Å². The third kappa shape index (κ3) is 12.4. The second-order valence-electron chi connectivity index (χ2n) is 5.64. The van der Waals surface area contributed by atoms with Crippen LogP contribution in [0.5, 0.6) is 0 Å². The number of Topliss-reactive ketones (excluding diaryl/α,β-unsaturated/α-hetero) is 1. The van der Waals surface area contributed by atoms with Crippen molar-refractivity contribution >= 4 is 5.78 Å². The Labute approximate surface area is 128 Å². The first-order chi connectivity index (χ1) is 10.4. The molecule has 0 saturated carbocycles. The zero-order valence-electron chi connectivity index (χ0n) is 13.1. The van der Waals surface area contributed by atoms with Crippen molar-refractivity contribution in [2.45, 2.75) is 77.0 Å². The largest absolute Gasteiger partial charge is 0.300 e. The summed E-state index contributed by atoms with van der Waals surface area (Å²) in [6.45, 7) is 1.53. The predicted molar refractivity (Wildman–Crippen MR) is 82.4 cm³/mol. The average molecular weight is 298 g/mol. The van der Waals surface area contributed by atoms with Gasteiger partial charge in [0.2, 0.25) is 0 Å². The summed E-state index contributed by atoms with van der Waals surface area (Å²) in [5, 5.41) is 7.48. The number of ketones is 1. The maximum atomic E-state index is 11.7. The molecule has 1 aliphatic heterocycles. The van der Waals surface area contributed by atoms with Gasteiger partial charge in [-0.3, -0.25) is 9.73 Å². The summed E-state index contributed by atoms with van der Waals surface area (Å²) >= 11 is 0. The van der Waals surface area contributed by atoms with Crippen LogP contribution in [0.4, 0.5) is 0 Å². The first-order valence-electron chi connectivity index (χ1n) is 8.42. The van der Waals surface area contributed by atoms with Crippen molar-refractivity contribution in [3.8, 4) is 0 Å². The van der Waals surface area contributed by atoms with E-state index < -0.39 is 0 Å². The van der Waals surface area contributed by atoms with Gasteiger partial charge in [0.1, 0.15) is 5.78 Å². The fourth-order valence-electron chi connectivity index (χ4n) is 2.40. The number of hydrogen-bond acceptors (Lipinski definition) is 6. The second-order valence-corrected chi connectivity index (χ2v) is 5.64. The van der Waals surface area contributed by atoms with Crippen molar-refractivity contribution in [2.75, 3.05) is 13.1 Å². The van der Waals surface area contributed by atoms with Gasteiger partial charge in [0.05, 0.1) is 6.54 Å². The van der Waals surface area contributed by atoms with Crippen molar-refractivity contribution < 1.29 is 9.73 Å². The zero-order valence-corrected chi connectivity index (χ0v) is 13.1. The molecule has 0 fully saturated rings. The molecule has 0 unspecified atom stereocenters. The van der Waals surface area contributed by atoms with E-state index in [0.29, 0.717) is 12.3 Å². The number of hydrogen-bond donors (Lipinski definition) is 2. The molecule has 0 spiro atoms. The fraction of sp³-hybridized carbons (Fsp3) is 0.933. The molecule has 0 bridgehead atoms. The van der Waals surface area contributed by atoms with Crippen LogP contribution in [0.25, 0.3) is 0 Å². The molecule has 1 rings (SSSR count). The Balaban J connectivity index is 2.15. The lowest BCUT2D eigenvalue weighted by Crippen LogP contribution is -2.30. The molecule has 21 heavy (non-hydrogen) atoms. The van der Waals surface area contributed by atoms with Gasteiger partial charge in [-0.05, 0) is 25.7 Å². The molecule has 1 aliphatic rings. The highest BCUT2D eigenvalue weighted by Gasteiger charge is 2.02. The highest BCUT2D eigenvalue weighted by atomic mass is 16.8. The first kappa shape index (κ1) is 18.0. The Morgan fingerprint density at radius 1 is 0.810 bits per heavy atom. The van der Waals surface area contributed by atoms with Crippen LogP contribution in [-0.4, -0.2) is 18.9 Å². The topological polar surface area (TPSA) is 75.1 Å². The van der Waals surface area contributed by atoms with Gasteiger partial charge in [-0.15, -0.1) is 0 Å². The van der Waals surface area contributed by atoms with Gasteiger partial charge in [0.25, 0.3) is 0 Å². The molecule has 122 valence electrons. The van der Waals surface area contributed by atoms with Crippen molar-refractivity contribution in [3.05, 3.63) is 0 Å². The van der Waals surface area contributed by atoms with Crippen LogP contribution in [0.3, 0.4) is 0 Å². The van der Waals surface area contributed by atoms with E-state index >= 15 is 0 Å². The Morgan fingerprint density at radius 3 is 2.19 bits per heavy atom. The van der Waals surface area contributed by atoms with Crippen molar-refractivity contribution in [3.63, 3.8) is 0 Å². The molecule has 6 heteroatoms. The van der Waals surface area contributed by atoms with Gasteiger partial charge in [0, 0.05) is 24.7 Å². The minimum atomic E-state index is 0.438. The summed E-state index contributed by atoms with van der Waals surface area (Å²) in [5.41, 5.74) is 5.51. The SMILES string of the molecule is O=C1CCCCCCCCNNON=NCCCCCC1. The molecule has 2 N–H and O–H groups in total. The molecule has 6 nitrogen and oxygen atoms in total. The molecule has 0 radical (unpaired) electrons. The normalized spacial score (nSPS) is 22.4. The smallest absolute Gasteiger partial charge is 0.132 e. The Kier molecular flexibility index (Phi) is 12.0. The highest BCUT2D eigenvalue weighted by Crippen LogP contribution is 2.10. The average Bonchev–Trinajstić information content (AvgIpc) is 2.48. The summed E-state index contributed by atoms with van der Waals surface area (Å²) in [7, 11) is 0. The lowest BCUT2D eigenvalue weighted by atomic mass is 10.0. The number of carbonyl (C=O) groups excluding carboxylic acids is 1. The molecule has 1 heterocycles. The van der Waals surface area contributed by atoms with Crippen molar-refractivity contribution in [1.82, 2.24) is 11.0 Å². The summed E-state index contributed by atoms with van der Waals surface area (Å²) in [6, 6.07) is 0. The van der Waals surface area contributed by atoms with Gasteiger partial charge in [0.15, 0.2) is 0 Å². The van der Waals surface area contributed by atoms with E-state index in [1.54, 1.807) is 0 Å². The molecule has 0 aliphatic carbocycles. The number of nitrogens with zero attached hydrogens (tertiary/aromatic N) is 2. The van der Waals surface area contributed by atoms with Crippen LogP contribution < -0.4 is 11.0 Å². The van der Waals surface area contributed by atoms with E-state index in [2.05, 4.69) is 21.4 Å². The monoisotopic (exact) mass is 298 g/mol. The number of rotatable bonds is 0. The van der Waals surface area contributed by atoms with E-state index in [0.717, 1.165) is 57.9 Å². The minimum absolute atomic E-state index is 0.438. The lowest BCUT2D eigenvalue weighted by molar-refractivity contribution is -0.119. The van der Waals surface area contributed by atoms with Gasteiger partial charge in [-0.2, -0.15) is 5.11 Å². The van der Waals surface area contributed by atoms with Crippen LogP contribution in [-0.2, 0) is 9.73 Å². The van der Waals surface area contributed by atoms with Gasteiger partial charge < -0.3 is 0 Å². The molecule has 0 aromatic heterocycles. The molecule has 0 aromatic rings. The van der Waals surface area contributed by atoms with Gasteiger partial charge in [-0.25, -0.2) is 5.43 Å². The van der Waals surface area contributed by atoms with Crippen LogP contribution in [0.2, 0.25) is 0 Å². The quantitative estimate of drug-likeness (QED) is 0.716. The third-order valence-electron chi connectivity index (χ3n) is 3.69. The summed E-state index contributed by atoms with van der Waals surface area (Å²) in [6.07, 6.45) is 12.7. The van der Waals surface area contributed by atoms with E-state index in [1.165, 1.54) is 25.7 Å². The fourth-order valence-corrected chi connectivity index (χ4v) is 2.40. The van der Waals surface area contributed by atoms with Crippen molar-refractivity contribution in [2.24, 2.45) is 10.4 Å². The van der Waals surface area contributed by atoms with Crippen molar-refractivity contribution in [1.29, 1.82) is 0 Å². The van der Waals surface area contributed by atoms with E-state index in [-0.39, 0.29) is 0 Å². The van der Waals surface area contributed by atoms with Crippen LogP contribution >= 0.6 is 0 Å². The maximum Gasteiger partial charge on any atom is 0.132 e. The maximum absolute atomic E-state index is 11.7. The first-order valence-corrected chi connectivity index (χ1v) is 8.42. The molecule has 0 amide bonds. The highest BCUT2D eigenvalue weighted by molar-refractivity contribution is 5.78. The Bertz CT molecular complexity index is 285. The molecular weight excluding hydrogens is 268 g/mol. The summed E-state index contributed by atoms with van der Waals surface area (Å²) in [5.74, 6) is 0.438. The van der Waals surface area contributed by atoms with Gasteiger partial charge >= 0.3 is 0 Å². The number of hydrazine groups is 1. The van der Waals surface area contributed by atoms with Crippen LogP contribution in [0.1, 0.15) is 77.0 Å². The number of carbonyl (C=O) groups is 1. The summed E-state index contributed by atoms with van der Waals surface area (Å²) < 4.78 is 0. The number of nitrogens with one attached hydrogen (secondary N) is 2. The predicted octanol–water partition coefficient (Wildman–Crippen LogP) is 3.64. The van der Waals surface area contributed by atoms with E-state index in [9.17, 15) is 4.79 Å². The third-order valence-corrected chi connectivity index (χ3v) is 3.69. The molecule has 0 atom stereocenters. The minimum Gasteiger partial charge on any atom is -0.300 e.